The maximum Gasteiger partial charge on any atom is 0.312 e. The van der Waals surface area contributed by atoms with Gasteiger partial charge < -0.3 is 13.9 Å². The number of hydrogen-bond donors (Lipinski definition) is 0. The van der Waals surface area contributed by atoms with Gasteiger partial charge in [0.15, 0.2) is 5.76 Å². The number of ketones is 1. The summed E-state index contributed by atoms with van der Waals surface area (Å²) in [6.45, 7) is 0. The molecular formula is C24H17NO6. The third-order valence-corrected chi connectivity index (χ3v) is 4.56. The smallest absolute Gasteiger partial charge is 0.312 e. The van der Waals surface area contributed by atoms with Gasteiger partial charge in [0.25, 0.3) is 0 Å². The van der Waals surface area contributed by atoms with Gasteiger partial charge in [0, 0.05) is 11.5 Å². The number of benzene rings is 3. The van der Waals surface area contributed by atoms with Gasteiger partial charge in [-0.2, -0.15) is 0 Å². The fourth-order valence-corrected chi connectivity index (χ4v) is 3.00. The molecule has 0 saturated heterocycles. The van der Waals surface area contributed by atoms with Crippen LogP contribution in [0.3, 0.4) is 0 Å². The third kappa shape index (κ3) is 4.45. The molecule has 0 atom stereocenters. The van der Waals surface area contributed by atoms with E-state index in [2.05, 4.69) is 0 Å². The van der Waals surface area contributed by atoms with E-state index in [-0.39, 0.29) is 23.0 Å². The second kappa shape index (κ2) is 8.54. The van der Waals surface area contributed by atoms with Crippen LogP contribution >= 0.6 is 0 Å². The molecule has 0 aliphatic carbocycles. The highest BCUT2D eigenvalue weighted by Gasteiger charge is 2.17. The van der Waals surface area contributed by atoms with Crippen LogP contribution < -0.4 is 9.47 Å². The quantitative estimate of drug-likeness (QED) is 0.158. The van der Waals surface area contributed by atoms with E-state index in [0.29, 0.717) is 22.6 Å². The highest BCUT2D eigenvalue weighted by Crippen LogP contribution is 2.33. The van der Waals surface area contributed by atoms with Crippen LogP contribution in [-0.4, -0.2) is 17.8 Å². The molecule has 0 saturated carbocycles. The standard InChI is InChI=1S/C24H17NO6/c1-29-18-8-10-19(11-9-18)30-23-13-7-16(14-20(23)25(27)28)6-12-21(26)24-15-17-4-2-3-5-22(17)31-24/h2-15H,1H3. The Balaban J connectivity index is 1.55. The van der Waals surface area contributed by atoms with Gasteiger partial charge in [0.2, 0.25) is 11.5 Å². The van der Waals surface area contributed by atoms with E-state index in [0.717, 1.165) is 5.39 Å². The first-order valence-electron chi connectivity index (χ1n) is 9.35. The Kier molecular flexibility index (Phi) is 5.49. The molecule has 0 fully saturated rings. The van der Waals surface area contributed by atoms with E-state index >= 15 is 0 Å². The van der Waals surface area contributed by atoms with E-state index in [1.807, 2.05) is 18.2 Å². The first kappa shape index (κ1) is 19.9. The molecule has 7 heteroatoms. The number of ether oxygens (including phenoxy) is 2. The average molecular weight is 415 g/mol. The summed E-state index contributed by atoms with van der Waals surface area (Å²) >= 11 is 0. The van der Waals surface area contributed by atoms with Gasteiger partial charge in [-0.25, -0.2) is 0 Å². The summed E-state index contributed by atoms with van der Waals surface area (Å²) in [5.41, 5.74) is 0.891. The molecule has 0 amide bonds. The number of nitro benzene ring substituents is 1. The normalized spacial score (nSPS) is 11.0. The molecule has 4 rings (SSSR count). The molecule has 0 radical (unpaired) electrons. The molecule has 1 aromatic heterocycles. The number of nitrogens with zero attached hydrogens (tertiary/aromatic N) is 1. The Morgan fingerprint density at radius 1 is 1.00 bits per heavy atom. The SMILES string of the molecule is COc1ccc(Oc2ccc(C=CC(=O)c3cc4ccccc4o3)cc2[N+](=O)[O-])cc1. The lowest BCUT2D eigenvalue weighted by atomic mass is 10.1. The lowest BCUT2D eigenvalue weighted by Crippen LogP contribution is -1.95. The number of methoxy groups -OCH3 is 1. The topological polar surface area (TPSA) is 91.8 Å². The van der Waals surface area contributed by atoms with Crippen LogP contribution in [0.1, 0.15) is 16.1 Å². The van der Waals surface area contributed by atoms with Gasteiger partial charge in [-0.3, -0.25) is 14.9 Å². The van der Waals surface area contributed by atoms with Gasteiger partial charge >= 0.3 is 5.69 Å². The number of hydrogen-bond acceptors (Lipinski definition) is 6. The summed E-state index contributed by atoms with van der Waals surface area (Å²) < 4.78 is 16.3. The number of fused-ring (bicyclic) bond motifs is 1. The Labute approximate surface area is 177 Å². The molecule has 0 N–H and O–H groups in total. The number of nitro groups is 1. The number of carbonyl (C=O) groups is 1. The molecule has 1 heterocycles. The molecule has 3 aromatic carbocycles. The molecule has 0 aliphatic rings. The minimum absolute atomic E-state index is 0.0935. The van der Waals surface area contributed by atoms with Crippen molar-refractivity contribution in [3.63, 3.8) is 0 Å². The summed E-state index contributed by atoms with van der Waals surface area (Å²) in [4.78, 5) is 23.4. The molecule has 0 bridgehead atoms. The van der Waals surface area contributed by atoms with Crippen molar-refractivity contribution in [3.8, 4) is 17.2 Å². The highest BCUT2D eigenvalue weighted by atomic mass is 16.6. The predicted molar refractivity (Wildman–Crippen MR) is 116 cm³/mol. The largest absolute Gasteiger partial charge is 0.497 e. The van der Waals surface area contributed by atoms with E-state index in [1.54, 1.807) is 49.6 Å². The van der Waals surface area contributed by atoms with Crippen molar-refractivity contribution in [2.24, 2.45) is 0 Å². The van der Waals surface area contributed by atoms with Crippen molar-refractivity contribution in [1.82, 2.24) is 0 Å². The minimum Gasteiger partial charge on any atom is -0.497 e. The van der Waals surface area contributed by atoms with Crippen LogP contribution in [0, 0.1) is 10.1 Å². The monoisotopic (exact) mass is 415 g/mol. The molecule has 0 unspecified atom stereocenters. The summed E-state index contributed by atoms with van der Waals surface area (Å²) in [7, 11) is 1.55. The number of carbonyl (C=O) groups excluding carboxylic acids is 1. The first-order chi connectivity index (χ1) is 15.0. The van der Waals surface area contributed by atoms with Crippen LogP contribution in [0.25, 0.3) is 17.0 Å². The van der Waals surface area contributed by atoms with Gasteiger partial charge in [0.1, 0.15) is 17.1 Å². The number of rotatable bonds is 7. The van der Waals surface area contributed by atoms with Gasteiger partial charge in [-0.15, -0.1) is 0 Å². The lowest BCUT2D eigenvalue weighted by molar-refractivity contribution is -0.385. The molecule has 0 aliphatic heterocycles. The van der Waals surface area contributed by atoms with Crippen LogP contribution in [0.5, 0.6) is 17.2 Å². The Hall–Kier alpha value is -4.39. The summed E-state index contributed by atoms with van der Waals surface area (Å²) in [5, 5.41) is 12.4. The molecule has 4 aromatic rings. The van der Waals surface area contributed by atoms with Crippen molar-refractivity contribution >= 4 is 28.5 Å². The van der Waals surface area contributed by atoms with Crippen molar-refractivity contribution in [2.45, 2.75) is 0 Å². The van der Waals surface area contributed by atoms with Crippen molar-refractivity contribution in [1.29, 1.82) is 0 Å². The maximum absolute atomic E-state index is 12.4. The first-order valence-corrected chi connectivity index (χ1v) is 9.35. The van der Waals surface area contributed by atoms with E-state index in [9.17, 15) is 14.9 Å². The van der Waals surface area contributed by atoms with Gasteiger partial charge in [-0.1, -0.05) is 30.3 Å². The third-order valence-electron chi connectivity index (χ3n) is 4.56. The molecule has 31 heavy (non-hydrogen) atoms. The van der Waals surface area contributed by atoms with E-state index in [1.165, 1.54) is 24.3 Å². The van der Waals surface area contributed by atoms with Crippen molar-refractivity contribution in [3.05, 3.63) is 100 Å². The zero-order chi connectivity index (χ0) is 21.8. The fourth-order valence-electron chi connectivity index (χ4n) is 3.00. The van der Waals surface area contributed by atoms with E-state index < -0.39 is 4.92 Å². The van der Waals surface area contributed by atoms with Crippen LogP contribution in [0.15, 0.2) is 83.3 Å². The number of allylic oxidation sites excluding steroid dienone is 1. The Bertz CT molecular complexity index is 1250. The summed E-state index contributed by atoms with van der Waals surface area (Å²) in [6.07, 6.45) is 2.82. The lowest BCUT2D eigenvalue weighted by Gasteiger charge is -2.07. The number of para-hydroxylation sites is 1. The van der Waals surface area contributed by atoms with Crippen LogP contribution in [-0.2, 0) is 0 Å². The zero-order valence-electron chi connectivity index (χ0n) is 16.5. The van der Waals surface area contributed by atoms with Gasteiger partial charge in [0.05, 0.1) is 12.0 Å². The predicted octanol–water partition coefficient (Wildman–Crippen LogP) is 6.04. The van der Waals surface area contributed by atoms with Crippen LogP contribution in [0.4, 0.5) is 5.69 Å². The molecule has 7 nitrogen and oxygen atoms in total. The average Bonchev–Trinajstić information content (AvgIpc) is 3.23. The van der Waals surface area contributed by atoms with Crippen molar-refractivity contribution < 1.29 is 23.6 Å². The molecular weight excluding hydrogens is 398 g/mol. The molecule has 154 valence electrons. The van der Waals surface area contributed by atoms with E-state index in [4.69, 9.17) is 13.9 Å². The Morgan fingerprint density at radius 3 is 2.45 bits per heavy atom. The second-order valence-electron chi connectivity index (χ2n) is 6.61. The fraction of sp³-hybridized carbons (Fsp3) is 0.0417. The minimum atomic E-state index is -0.530. The Morgan fingerprint density at radius 2 is 1.74 bits per heavy atom. The number of furan rings is 1. The summed E-state index contributed by atoms with van der Waals surface area (Å²) in [6, 6.07) is 20.2. The van der Waals surface area contributed by atoms with Crippen LogP contribution in [0.2, 0.25) is 0 Å². The van der Waals surface area contributed by atoms with Gasteiger partial charge in [-0.05, 0) is 54.1 Å². The van der Waals surface area contributed by atoms with Crippen molar-refractivity contribution in [2.75, 3.05) is 7.11 Å². The summed E-state index contributed by atoms with van der Waals surface area (Å²) in [5.74, 6) is 1.04. The second-order valence-corrected chi connectivity index (χ2v) is 6.61. The molecule has 0 spiro atoms. The zero-order valence-corrected chi connectivity index (χ0v) is 16.5. The highest BCUT2D eigenvalue weighted by molar-refractivity contribution is 6.07. The maximum atomic E-state index is 12.4.